The second kappa shape index (κ2) is 10.4. The standard InChI is InChI=1S/C22H28FN3OS3/c23-16-11-13-19(14-12-16)26-22(28)30-21(24-26)29-15-20(27)25(17-7-3-1-4-8-17)18-9-5-2-6-10-18/h11-14,17-18H,1-10,15H2. The minimum atomic E-state index is -0.286. The second-order valence-electron chi connectivity index (χ2n) is 8.20. The lowest BCUT2D eigenvalue weighted by Crippen LogP contribution is -2.49. The molecule has 4 nitrogen and oxygen atoms in total. The van der Waals surface area contributed by atoms with Crippen LogP contribution in [0.1, 0.15) is 64.2 Å². The highest BCUT2D eigenvalue weighted by Gasteiger charge is 2.32. The maximum Gasteiger partial charge on any atom is 0.233 e. The number of nitrogens with zero attached hydrogens (tertiary/aromatic N) is 3. The topological polar surface area (TPSA) is 38.1 Å². The van der Waals surface area contributed by atoms with Gasteiger partial charge in [0.25, 0.3) is 0 Å². The summed E-state index contributed by atoms with van der Waals surface area (Å²) in [6.07, 6.45) is 12.1. The van der Waals surface area contributed by atoms with Crippen LogP contribution >= 0.6 is 35.3 Å². The van der Waals surface area contributed by atoms with E-state index < -0.39 is 0 Å². The molecule has 0 aliphatic heterocycles. The van der Waals surface area contributed by atoms with Crippen molar-refractivity contribution in [3.05, 3.63) is 34.0 Å². The van der Waals surface area contributed by atoms with Crippen LogP contribution in [0, 0.1) is 9.77 Å². The van der Waals surface area contributed by atoms with Gasteiger partial charge in [-0.05, 0) is 62.2 Å². The summed E-state index contributed by atoms with van der Waals surface area (Å²) in [5.74, 6) is 0.359. The molecule has 0 unspecified atom stereocenters. The minimum absolute atomic E-state index is 0.244. The van der Waals surface area contributed by atoms with Crippen molar-refractivity contribution >= 4 is 41.2 Å². The summed E-state index contributed by atoms with van der Waals surface area (Å²) in [5, 5.41) is 4.57. The molecular weight excluding hydrogens is 437 g/mol. The van der Waals surface area contributed by atoms with Gasteiger partial charge in [-0.25, -0.2) is 9.07 Å². The monoisotopic (exact) mass is 465 g/mol. The molecule has 8 heteroatoms. The van der Waals surface area contributed by atoms with Crippen molar-refractivity contribution in [2.24, 2.45) is 0 Å². The Morgan fingerprint density at radius 1 is 1.07 bits per heavy atom. The molecule has 2 aliphatic carbocycles. The molecule has 2 aliphatic rings. The zero-order chi connectivity index (χ0) is 20.9. The second-order valence-corrected chi connectivity index (χ2v) is 11.0. The van der Waals surface area contributed by atoms with Crippen molar-refractivity contribution in [2.75, 3.05) is 5.75 Å². The quantitative estimate of drug-likeness (QED) is 0.366. The maximum atomic E-state index is 13.3. The van der Waals surface area contributed by atoms with E-state index in [1.165, 1.54) is 73.8 Å². The average Bonchev–Trinajstić information content (AvgIpc) is 3.15. The third kappa shape index (κ3) is 5.32. The van der Waals surface area contributed by atoms with E-state index in [1.54, 1.807) is 16.8 Å². The SMILES string of the molecule is O=C(CSc1nn(-c2ccc(F)cc2)c(=S)s1)N(C1CCCCC1)C1CCCCC1. The molecule has 1 amide bonds. The summed E-state index contributed by atoms with van der Waals surface area (Å²) < 4.78 is 16.2. The number of hydrogen-bond acceptors (Lipinski definition) is 5. The predicted molar refractivity (Wildman–Crippen MR) is 124 cm³/mol. The van der Waals surface area contributed by atoms with E-state index in [0.29, 0.717) is 21.8 Å². The molecule has 1 aromatic carbocycles. The molecule has 0 N–H and O–H groups in total. The number of carbonyl (C=O) groups is 1. The zero-order valence-electron chi connectivity index (χ0n) is 17.1. The van der Waals surface area contributed by atoms with E-state index in [0.717, 1.165) is 35.7 Å². The summed E-state index contributed by atoms with van der Waals surface area (Å²) in [7, 11) is 0. The normalized spacial score (nSPS) is 18.4. The summed E-state index contributed by atoms with van der Waals surface area (Å²) in [6.45, 7) is 0. The van der Waals surface area contributed by atoms with E-state index in [1.807, 2.05) is 0 Å². The Balaban J connectivity index is 1.44. The molecule has 0 bridgehead atoms. The summed E-state index contributed by atoms with van der Waals surface area (Å²) in [6, 6.07) is 6.95. The van der Waals surface area contributed by atoms with Crippen LogP contribution in [-0.4, -0.2) is 38.4 Å². The van der Waals surface area contributed by atoms with Gasteiger partial charge in [0.1, 0.15) is 5.82 Å². The number of thioether (sulfide) groups is 1. The maximum absolute atomic E-state index is 13.3. The average molecular weight is 466 g/mol. The fraction of sp³-hybridized carbons (Fsp3) is 0.591. The fourth-order valence-electron chi connectivity index (χ4n) is 4.69. The van der Waals surface area contributed by atoms with Gasteiger partial charge in [0.2, 0.25) is 5.91 Å². The van der Waals surface area contributed by atoms with Gasteiger partial charge in [0.05, 0.1) is 11.4 Å². The van der Waals surface area contributed by atoms with Crippen LogP contribution in [0.3, 0.4) is 0 Å². The number of halogens is 1. The third-order valence-electron chi connectivity index (χ3n) is 6.14. The van der Waals surface area contributed by atoms with Crippen LogP contribution in [-0.2, 0) is 4.79 Å². The van der Waals surface area contributed by atoms with Gasteiger partial charge in [-0.2, -0.15) is 0 Å². The molecule has 1 heterocycles. The molecular formula is C22H28FN3OS3. The zero-order valence-corrected chi connectivity index (χ0v) is 19.5. The largest absolute Gasteiger partial charge is 0.336 e. The Morgan fingerprint density at radius 3 is 2.20 bits per heavy atom. The van der Waals surface area contributed by atoms with Gasteiger partial charge in [0, 0.05) is 12.1 Å². The smallest absolute Gasteiger partial charge is 0.233 e. The van der Waals surface area contributed by atoms with Gasteiger partial charge in [0.15, 0.2) is 8.29 Å². The number of hydrogen-bond donors (Lipinski definition) is 0. The van der Waals surface area contributed by atoms with Crippen LogP contribution in [0.2, 0.25) is 0 Å². The van der Waals surface area contributed by atoms with Gasteiger partial charge in [-0.1, -0.05) is 61.6 Å². The van der Waals surface area contributed by atoms with Crippen LogP contribution < -0.4 is 0 Å². The van der Waals surface area contributed by atoms with E-state index in [2.05, 4.69) is 10.00 Å². The summed E-state index contributed by atoms with van der Waals surface area (Å²) >= 11 is 8.32. The van der Waals surface area contributed by atoms with Gasteiger partial charge < -0.3 is 4.90 Å². The van der Waals surface area contributed by atoms with Crippen LogP contribution in [0.15, 0.2) is 28.6 Å². The van der Waals surface area contributed by atoms with Crippen molar-refractivity contribution < 1.29 is 9.18 Å². The molecule has 0 atom stereocenters. The minimum Gasteiger partial charge on any atom is -0.336 e. The molecule has 0 saturated heterocycles. The van der Waals surface area contributed by atoms with Gasteiger partial charge >= 0.3 is 0 Å². The van der Waals surface area contributed by atoms with Crippen molar-refractivity contribution in [3.63, 3.8) is 0 Å². The molecule has 0 spiro atoms. The highest BCUT2D eigenvalue weighted by molar-refractivity contribution is 8.01. The summed E-state index contributed by atoms with van der Waals surface area (Å²) in [4.78, 5) is 15.6. The number of benzene rings is 1. The van der Waals surface area contributed by atoms with Gasteiger partial charge in [-0.3, -0.25) is 4.79 Å². The fourth-order valence-corrected chi connectivity index (χ4v) is 6.92. The first kappa shape index (κ1) is 22.0. The third-order valence-corrected chi connectivity index (χ3v) is 8.49. The molecule has 2 fully saturated rings. The Morgan fingerprint density at radius 2 is 1.63 bits per heavy atom. The first-order chi connectivity index (χ1) is 14.6. The Labute approximate surface area is 190 Å². The van der Waals surface area contributed by atoms with E-state index in [-0.39, 0.29) is 11.7 Å². The lowest BCUT2D eigenvalue weighted by atomic mass is 9.88. The van der Waals surface area contributed by atoms with E-state index in [4.69, 9.17) is 12.2 Å². The highest BCUT2D eigenvalue weighted by Crippen LogP contribution is 2.32. The molecule has 2 aromatic rings. The van der Waals surface area contributed by atoms with Gasteiger partial charge in [-0.15, -0.1) is 5.10 Å². The summed E-state index contributed by atoms with van der Waals surface area (Å²) in [5.41, 5.74) is 0.738. The predicted octanol–water partition coefficient (Wildman–Crippen LogP) is 6.39. The Kier molecular flexibility index (Phi) is 7.59. The van der Waals surface area contributed by atoms with Crippen LogP contribution in [0.5, 0.6) is 0 Å². The van der Waals surface area contributed by atoms with E-state index >= 15 is 0 Å². The Bertz CT molecular complexity index is 881. The number of carbonyl (C=O) groups excluding carboxylic acids is 1. The molecule has 4 rings (SSSR count). The number of rotatable bonds is 6. The molecule has 2 saturated carbocycles. The molecule has 30 heavy (non-hydrogen) atoms. The lowest BCUT2D eigenvalue weighted by molar-refractivity contribution is -0.135. The first-order valence-electron chi connectivity index (χ1n) is 10.9. The lowest BCUT2D eigenvalue weighted by Gasteiger charge is -2.41. The van der Waals surface area contributed by atoms with Crippen LogP contribution in [0.4, 0.5) is 4.39 Å². The van der Waals surface area contributed by atoms with E-state index in [9.17, 15) is 9.18 Å². The highest BCUT2D eigenvalue weighted by atomic mass is 32.2. The molecule has 0 radical (unpaired) electrons. The number of amides is 1. The molecule has 162 valence electrons. The number of aromatic nitrogens is 2. The van der Waals surface area contributed by atoms with Crippen molar-refractivity contribution in [3.8, 4) is 5.69 Å². The Hall–Kier alpha value is -1.25. The van der Waals surface area contributed by atoms with Crippen molar-refractivity contribution in [2.45, 2.75) is 80.6 Å². The molecule has 1 aromatic heterocycles. The van der Waals surface area contributed by atoms with Crippen molar-refractivity contribution in [1.29, 1.82) is 0 Å². The van der Waals surface area contributed by atoms with Crippen molar-refractivity contribution in [1.82, 2.24) is 14.7 Å². The first-order valence-corrected chi connectivity index (χ1v) is 13.1. The van der Waals surface area contributed by atoms with Crippen LogP contribution in [0.25, 0.3) is 5.69 Å².